The third-order valence-electron chi connectivity index (χ3n) is 14.1. The highest BCUT2D eigenvalue weighted by Gasteiger charge is 2.29. The number of aliphatic carboxylic acids is 3. The van der Waals surface area contributed by atoms with Gasteiger partial charge in [-0.15, -0.1) is 0 Å². The maximum atomic E-state index is 10.1. The molecule has 0 aliphatic carbocycles. The number of aliphatic hydroxyl groups is 1. The standard InChI is InChI=1S/3C22H23N.C6H8O7/c3*1-23(2)22-15-9-14-20(16-18-10-5-3-6-11-18)21(22)17-19-12-7-4-8-13-19;7-3(8)1-6(13,5(11)12)2-4(9)10/h3*3-15H,16-17H2,1-2H3;13H,1-2H2,(H,7,8)(H,9,10)(H,11,12). The topological polar surface area (TPSA) is 154 Å². The zero-order valence-electron chi connectivity index (χ0n) is 48.1. The van der Waals surface area contributed by atoms with Crippen LogP contribution in [0.4, 0.5) is 17.1 Å². The largest absolute Gasteiger partial charge is 0.550 e. The molecule has 0 saturated heterocycles. The van der Waals surface area contributed by atoms with Crippen molar-refractivity contribution in [2.45, 2.75) is 57.0 Å². The molecule has 0 bridgehead atoms. The SMILES string of the molecule is C[NH+](C)c1cccc(Cc2ccccc2)c1Cc1ccccc1.C[NH+](C)c1cccc(Cc2ccccc2)c1Cc1ccccc1.C[NH+](C)c1cccc(Cc2ccccc2)c1Cc1ccccc1.O=C([O-])CC(O)(CC(=O)[O-])C(=O)[O-]. The van der Waals surface area contributed by atoms with E-state index in [1.807, 2.05) is 0 Å². The van der Waals surface area contributed by atoms with E-state index in [4.69, 9.17) is 5.11 Å². The highest BCUT2D eigenvalue weighted by atomic mass is 16.4. The summed E-state index contributed by atoms with van der Waals surface area (Å²) < 4.78 is 0. The minimum Gasteiger partial charge on any atom is -0.550 e. The first kappa shape index (κ1) is 62.4. The third kappa shape index (κ3) is 19.8. The average molecular weight is 1100 g/mol. The van der Waals surface area contributed by atoms with Gasteiger partial charge in [-0.05, 0) is 87.5 Å². The summed E-state index contributed by atoms with van der Waals surface area (Å²) in [6, 6.07) is 84.6. The van der Waals surface area contributed by atoms with Gasteiger partial charge in [0.2, 0.25) is 0 Å². The Labute approximate surface area is 484 Å². The van der Waals surface area contributed by atoms with Gasteiger partial charge in [0.1, 0.15) is 22.7 Å². The summed E-state index contributed by atoms with van der Waals surface area (Å²) in [5.74, 6) is -5.98. The number of benzene rings is 9. The molecule has 0 heterocycles. The number of carboxylic acids is 3. The predicted octanol–water partition coefficient (Wildman–Crippen LogP) is 5.68. The summed E-state index contributed by atoms with van der Waals surface area (Å²) in [5.41, 5.74) is 18.1. The van der Waals surface area contributed by atoms with Crippen molar-refractivity contribution in [3.05, 3.63) is 303 Å². The molecule has 10 nitrogen and oxygen atoms in total. The molecule has 0 spiro atoms. The van der Waals surface area contributed by atoms with E-state index in [2.05, 4.69) is 279 Å². The Bertz CT molecular complexity index is 3040. The summed E-state index contributed by atoms with van der Waals surface area (Å²) in [5, 5.41) is 38.9. The Morgan fingerprint density at radius 3 is 0.707 bits per heavy atom. The first-order valence-corrected chi connectivity index (χ1v) is 27.8. The summed E-state index contributed by atoms with van der Waals surface area (Å²) >= 11 is 0. The van der Waals surface area contributed by atoms with Gasteiger partial charge >= 0.3 is 0 Å². The van der Waals surface area contributed by atoms with Crippen molar-refractivity contribution in [3.63, 3.8) is 0 Å². The van der Waals surface area contributed by atoms with Crippen LogP contribution in [0.2, 0.25) is 0 Å². The van der Waals surface area contributed by atoms with Crippen LogP contribution < -0.4 is 30.0 Å². The molecule has 0 aliphatic rings. The first-order valence-electron chi connectivity index (χ1n) is 27.8. The van der Waals surface area contributed by atoms with Crippen LogP contribution in [0.25, 0.3) is 0 Å². The average Bonchev–Trinajstić information content (AvgIpc) is 3.54. The van der Waals surface area contributed by atoms with Crippen molar-refractivity contribution >= 4 is 35.0 Å². The van der Waals surface area contributed by atoms with Crippen molar-refractivity contribution in [2.24, 2.45) is 0 Å². The lowest BCUT2D eigenvalue weighted by Gasteiger charge is -2.29. The fourth-order valence-electron chi connectivity index (χ4n) is 9.96. The van der Waals surface area contributed by atoms with Crippen LogP contribution in [0.1, 0.15) is 79.6 Å². The lowest BCUT2D eigenvalue weighted by atomic mass is 9.93. The van der Waals surface area contributed by atoms with Gasteiger partial charge in [0, 0.05) is 60.7 Å². The van der Waals surface area contributed by atoms with Crippen molar-refractivity contribution in [1.82, 2.24) is 0 Å². The number of nitrogens with one attached hydrogen (secondary N) is 3. The summed E-state index contributed by atoms with van der Waals surface area (Å²) in [4.78, 5) is 34.1. The third-order valence-corrected chi connectivity index (χ3v) is 14.1. The van der Waals surface area contributed by atoms with Gasteiger partial charge in [0.15, 0.2) is 0 Å². The van der Waals surface area contributed by atoms with E-state index in [1.54, 1.807) is 0 Å². The van der Waals surface area contributed by atoms with E-state index in [9.17, 15) is 29.7 Å². The van der Waals surface area contributed by atoms with E-state index < -0.39 is 36.4 Å². The number of carbonyl (C=O) groups excluding carboxylic acids is 3. The zero-order valence-corrected chi connectivity index (χ0v) is 48.1. The van der Waals surface area contributed by atoms with Crippen molar-refractivity contribution in [1.29, 1.82) is 0 Å². The van der Waals surface area contributed by atoms with Crippen LogP contribution in [0, 0.1) is 0 Å². The summed E-state index contributed by atoms with van der Waals surface area (Å²) in [6.45, 7) is 0. The van der Waals surface area contributed by atoms with Crippen LogP contribution in [0.15, 0.2) is 237 Å². The van der Waals surface area contributed by atoms with Crippen molar-refractivity contribution in [3.8, 4) is 0 Å². The molecule has 0 fully saturated rings. The van der Waals surface area contributed by atoms with Crippen molar-refractivity contribution < 1.29 is 49.5 Å². The molecule has 0 amide bonds. The fraction of sp³-hybridized carbons (Fsp3) is 0.208. The van der Waals surface area contributed by atoms with Crippen LogP contribution in [-0.2, 0) is 52.9 Å². The molecule has 0 aliphatic heterocycles. The lowest BCUT2D eigenvalue weighted by Crippen LogP contribution is -3.00. The molecule has 9 rings (SSSR count). The molecule has 0 unspecified atom stereocenters. The van der Waals surface area contributed by atoms with Gasteiger partial charge in [0.25, 0.3) is 0 Å². The Morgan fingerprint density at radius 2 is 0.524 bits per heavy atom. The number of quaternary nitrogens is 3. The van der Waals surface area contributed by atoms with Gasteiger partial charge in [-0.2, -0.15) is 0 Å². The normalized spacial score (nSPS) is 10.9. The number of carbonyl (C=O) groups is 3. The van der Waals surface area contributed by atoms with Gasteiger partial charge in [-0.25, -0.2) is 0 Å². The molecule has 422 valence electrons. The van der Waals surface area contributed by atoms with Crippen LogP contribution in [0.3, 0.4) is 0 Å². The molecule has 9 aromatic rings. The molecule has 9 aromatic carbocycles. The molecule has 82 heavy (non-hydrogen) atoms. The highest BCUT2D eigenvalue weighted by molar-refractivity contribution is 5.86. The minimum atomic E-state index is -2.97. The van der Waals surface area contributed by atoms with E-state index in [-0.39, 0.29) is 0 Å². The Hall–Kier alpha value is -8.77. The molecular formula is C72H77N3O7. The second-order valence-electron chi connectivity index (χ2n) is 21.2. The summed E-state index contributed by atoms with van der Waals surface area (Å²) in [7, 11) is 13.2. The number of carboxylic acid groups (broad SMARTS) is 3. The lowest BCUT2D eigenvalue weighted by molar-refractivity contribution is -0.786. The van der Waals surface area contributed by atoms with Crippen LogP contribution in [-0.4, -0.2) is 70.9 Å². The molecular weight excluding hydrogens is 1020 g/mol. The van der Waals surface area contributed by atoms with Gasteiger partial charge < -0.3 is 49.5 Å². The zero-order chi connectivity index (χ0) is 58.9. The molecule has 0 atom stereocenters. The maximum Gasteiger partial charge on any atom is 0.134 e. The Morgan fingerprint density at radius 1 is 0.317 bits per heavy atom. The number of rotatable bonds is 20. The quantitative estimate of drug-likeness (QED) is 0.0767. The second-order valence-corrected chi connectivity index (χ2v) is 21.2. The van der Waals surface area contributed by atoms with E-state index in [1.165, 1.54) is 98.5 Å². The monoisotopic (exact) mass is 1100 g/mol. The minimum absolute atomic E-state index is 0.990. The highest BCUT2D eigenvalue weighted by Crippen LogP contribution is 2.27. The summed E-state index contributed by atoms with van der Waals surface area (Å²) in [6.07, 6.45) is 3.23. The van der Waals surface area contributed by atoms with Gasteiger partial charge in [0.05, 0.1) is 48.3 Å². The Kier molecular flexibility index (Phi) is 24.3. The second kappa shape index (κ2) is 31.9. The number of hydrogen-bond acceptors (Lipinski definition) is 7. The first-order chi connectivity index (χ1) is 39.5. The molecule has 10 heteroatoms. The predicted molar refractivity (Wildman–Crippen MR) is 321 cm³/mol. The van der Waals surface area contributed by atoms with Gasteiger partial charge in [-0.3, -0.25) is 0 Å². The molecule has 0 aromatic heterocycles. The molecule has 0 radical (unpaired) electrons. The van der Waals surface area contributed by atoms with E-state index >= 15 is 0 Å². The molecule has 0 saturated carbocycles. The van der Waals surface area contributed by atoms with Crippen molar-refractivity contribution in [2.75, 3.05) is 42.3 Å². The molecule has 4 N–H and O–H groups in total. The van der Waals surface area contributed by atoms with E-state index in [0.29, 0.717) is 0 Å². The van der Waals surface area contributed by atoms with Crippen LogP contribution in [0.5, 0.6) is 0 Å². The van der Waals surface area contributed by atoms with Crippen LogP contribution >= 0.6 is 0 Å². The van der Waals surface area contributed by atoms with Gasteiger partial charge in [-0.1, -0.05) is 218 Å². The van der Waals surface area contributed by atoms with E-state index in [0.717, 1.165) is 38.5 Å². The maximum absolute atomic E-state index is 10.1. The fourth-order valence-corrected chi connectivity index (χ4v) is 9.96. The smallest absolute Gasteiger partial charge is 0.134 e. The number of hydrogen-bond donors (Lipinski definition) is 4. The Balaban J connectivity index is 0.000000180.